The van der Waals surface area contributed by atoms with Crippen molar-refractivity contribution in [3.05, 3.63) is 23.2 Å². The van der Waals surface area contributed by atoms with E-state index in [1.54, 1.807) is 6.07 Å². The molecule has 1 aromatic heterocycles. The van der Waals surface area contributed by atoms with Crippen LogP contribution in [-0.2, 0) is 10.0 Å². The Morgan fingerprint density at radius 1 is 1.42 bits per heavy atom. The molecule has 19 heavy (non-hydrogen) atoms. The third-order valence-electron chi connectivity index (χ3n) is 2.06. The predicted molar refractivity (Wildman–Crippen MR) is 73.1 cm³/mol. The molecule has 0 fully saturated rings. The Morgan fingerprint density at radius 2 is 2.16 bits per heavy atom. The van der Waals surface area contributed by atoms with E-state index >= 15 is 0 Å². The largest absolute Gasteiger partial charge is 0.495 e. The molecule has 1 heterocycles. The summed E-state index contributed by atoms with van der Waals surface area (Å²) in [7, 11) is -2.35. The Bertz CT molecular complexity index is 701. The molecule has 0 saturated carbocycles. The second-order valence-electron chi connectivity index (χ2n) is 3.36. The van der Waals surface area contributed by atoms with Gasteiger partial charge in [-0.2, -0.15) is 8.42 Å². The van der Waals surface area contributed by atoms with Gasteiger partial charge in [0.15, 0.2) is 0 Å². The monoisotopic (exact) mass is 320 g/mol. The summed E-state index contributed by atoms with van der Waals surface area (Å²) < 4.78 is 31.0. The number of nitrogens with one attached hydrogen (secondary N) is 1. The van der Waals surface area contributed by atoms with Gasteiger partial charge in [-0.1, -0.05) is 22.9 Å². The van der Waals surface area contributed by atoms with Gasteiger partial charge >= 0.3 is 0 Å². The van der Waals surface area contributed by atoms with Crippen molar-refractivity contribution in [1.29, 1.82) is 0 Å². The molecule has 2 aromatic rings. The second-order valence-corrected chi connectivity index (χ2v) is 6.63. The van der Waals surface area contributed by atoms with Gasteiger partial charge in [-0.25, -0.2) is 0 Å². The molecule has 10 heteroatoms. The minimum absolute atomic E-state index is 0.0770. The van der Waals surface area contributed by atoms with E-state index in [0.29, 0.717) is 16.5 Å². The summed E-state index contributed by atoms with van der Waals surface area (Å²) in [4.78, 5) is 0. The van der Waals surface area contributed by atoms with Crippen molar-refractivity contribution in [2.75, 3.05) is 17.6 Å². The molecular formula is C9H9ClN4O3S2. The summed E-state index contributed by atoms with van der Waals surface area (Å²) in [5, 5.41) is 7.29. The van der Waals surface area contributed by atoms with E-state index in [0.717, 1.165) is 11.3 Å². The Hall–Kier alpha value is -1.58. The summed E-state index contributed by atoms with van der Waals surface area (Å²) in [6.07, 6.45) is 0. The van der Waals surface area contributed by atoms with Gasteiger partial charge in [-0.15, -0.1) is 10.2 Å². The van der Waals surface area contributed by atoms with Crippen molar-refractivity contribution in [3.63, 3.8) is 0 Å². The molecule has 3 N–H and O–H groups in total. The minimum atomic E-state index is -3.81. The lowest BCUT2D eigenvalue weighted by molar-refractivity contribution is 0.415. The number of nitrogens with two attached hydrogens (primary N) is 1. The van der Waals surface area contributed by atoms with Gasteiger partial charge in [0.05, 0.1) is 17.8 Å². The van der Waals surface area contributed by atoms with Crippen molar-refractivity contribution in [3.8, 4) is 5.75 Å². The molecule has 0 amide bonds. The number of hydrogen-bond acceptors (Lipinski definition) is 7. The summed E-state index contributed by atoms with van der Waals surface area (Å²) in [5.74, 6) is 0.449. The highest BCUT2D eigenvalue weighted by Gasteiger charge is 2.20. The molecule has 1 aromatic carbocycles. The van der Waals surface area contributed by atoms with Gasteiger partial charge in [-0.3, -0.25) is 4.72 Å². The molecule has 2 rings (SSSR count). The minimum Gasteiger partial charge on any atom is -0.495 e. The molecular weight excluding hydrogens is 312 g/mol. The number of rotatable bonds is 4. The van der Waals surface area contributed by atoms with Gasteiger partial charge in [0.1, 0.15) is 5.75 Å². The van der Waals surface area contributed by atoms with Crippen molar-refractivity contribution < 1.29 is 13.2 Å². The number of nitrogen functional groups attached to an aromatic ring is 1. The van der Waals surface area contributed by atoms with Crippen LogP contribution in [0.4, 0.5) is 10.8 Å². The number of anilines is 2. The van der Waals surface area contributed by atoms with Crippen LogP contribution in [0.3, 0.4) is 0 Å². The molecule has 0 aliphatic rings. The van der Waals surface area contributed by atoms with Crippen LogP contribution < -0.4 is 15.2 Å². The van der Waals surface area contributed by atoms with Crippen molar-refractivity contribution >= 4 is 43.8 Å². The number of benzene rings is 1. The third-order valence-corrected chi connectivity index (χ3v) is 4.85. The molecule has 0 aliphatic heterocycles. The summed E-state index contributed by atoms with van der Waals surface area (Å²) in [6, 6.07) is 4.50. The average Bonchev–Trinajstić information content (AvgIpc) is 2.76. The van der Waals surface area contributed by atoms with Gasteiger partial charge < -0.3 is 10.5 Å². The number of halogens is 1. The van der Waals surface area contributed by atoms with Crippen LogP contribution >= 0.6 is 22.9 Å². The van der Waals surface area contributed by atoms with Crippen LogP contribution in [0.1, 0.15) is 0 Å². The molecule has 102 valence electrons. The Balaban J connectivity index is 2.28. The van der Waals surface area contributed by atoms with Crippen LogP contribution in [0.5, 0.6) is 5.75 Å². The van der Waals surface area contributed by atoms with E-state index in [9.17, 15) is 8.42 Å². The normalized spacial score (nSPS) is 11.3. The highest BCUT2D eigenvalue weighted by Crippen LogP contribution is 2.28. The van der Waals surface area contributed by atoms with Crippen LogP contribution in [0, 0.1) is 0 Å². The quantitative estimate of drug-likeness (QED) is 0.885. The van der Waals surface area contributed by atoms with E-state index in [1.807, 2.05) is 0 Å². The zero-order valence-corrected chi connectivity index (χ0v) is 12.0. The maximum absolute atomic E-state index is 11.9. The molecule has 0 radical (unpaired) electrons. The molecule has 0 spiro atoms. The fourth-order valence-electron chi connectivity index (χ4n) is 1.26. The van der Waals surface area contributed by atoms with Crippen molar-refractivity contribution in [1.82, 2.24) is 10.2 Å². The predicted octanol–water partition coefficient (Wildman–Crippen LogP) is 1.58. The molecule has 0 aliphatic carbocycles. The number of sulfonamides is 1. The Morgan fingerprint density at radius 3 is 2.68 bits per heavy atom. The van der Waals surface area contributed by atoms with E-state index in [-0.39, 0.29) is 9.47 Å². The fraction of sp³-hybridized carbons (Fsp3) is 0.111. The zero-order chi connectivity index (χ0) is 14.0. The summed E-state index contributed by atoms with van der Waals surface area (Å²) >= 11 is 6.68. The number of aromatic nitrogens is 2. The van der Waals surface area contributed by atoms with E-state index in [4.69, 9.17) is 22.1 Å². The van der Waals surface area contributed by atoms with Crippen LogP contribution in [0.15, 0.2) is 22.5 Å². The standard InChI is InChI=1S/C9H9ClN4O3S2/c1-17-7-3-2-5(4-6(7)10)14-19(15,16)9-13-12-8(11)18-9/h2-4,14H,1H3,(H2,11,12). The third kappa shape index (κ3) is 3.06. The first kappa shape index (κ1) is 13.8. The lowest BCUT2D eigenvalue weighted by atomic mass is 10.3. The maximum atomic E-state index is 11.9. The van der Waals surface area contributed by atoms with Crippen molar-refractivity contribution in [2.45, 2.75) is 4.34 Å². The lowest BCUT2D eigenvalue weighted by Gasteiger charge is -2.07. The van der Waals surface area contributed by atoms with Crippen LogP contribution in [-0.4, -0.2) is 25.7 Å². The first-order valence-electron chi connectivity index (χ1n) is 4.88. The zero-order valence-electron chi connectivity index (χ0n) is 9.62. The molecule has 0 bridgehead atoms. The summed E-state index contributed by atoms with van der Waals surface area (Å²) in [5.41, 5.74) is 5.64. The average molecular weight is 321 g/mol. The topological polar surface area (TPSA) is 107 Å². The molecule has 7 nitrogen and oxygen atoms in total. The lowest BCUT2D eigenvalue weighted by Crippen LogP contribution is -2.12. The molecule has 0 unspecified atom stereocenters. The fourth-order valence-corrected chi connectivity index (χ4v) is 3.35. The number of methoxy groups -OCH3 is 1. The smallest absolute Gasteiger partial charge is 0.291 e. The first-order valence-corrected chi connectivity index (χ1v) is 7.55. The van der Waals surface area contributed by atoms with Gasteiger partial charge in [-0.05, 0) is 18.2 Å². The first-order chi connectivity index (χ1) is 8.92. The van der Waals surface area contributed by atoms with E-state index in [2.05, 4.69) is 14.9 Å². The molecule has 0 saturated heterocycles. The second kappa shape index (κ2) is 5.19. The summed E-state index contributed by atoms with van der Waals surface area (Å²) in [6.45, 7) is 0. The van der Waals surface area contributed by atoms with E-state index < -0.39 is 10.0 Å². The Kier molecular flexibility index (Phi) is 3.78. The van der Waals surface area contributed by atoms with Gasteiger partial charge in [0.2, 0.25) is 5.13 Å². The SMILES string of the molecule is COc1ccc(NS(=O)(=O)c2nnc(N)s2)cc1Cl. The van der Waals surface area contributed by atoms with Gasteiger partial charge in [0.25, 0.3) is 14.4 Å². The van der Waals surface area contributed by atoms with E-state index in [1.165, 1.54) is 19.2 Å². The Labute approximate surface area is 118 Å². The van der Waals surface area contributed by atoms with Crippen LogP contribution in [0.25, 0.3) is 0 Å². The maximum Gasteiger partial charge on any atom is 0.291 e. The highest BCUT2D eigenvalue weighted by atomic mass is 35.5. The molecule has 0 atom stereocenters. The number of nitrogens with zero attached hydrogens (tertiary/aromatic N) is 2. The van der Waals surface area contributed by atoms with Crippen molar-refractivity contribution in [2.24, 2.45) is 0 Å². The highest BCUT2D eigenvalue weighted by molar-refractivity contribution is 7.94. The number of hydrogen-bond donors (Lipinski definition) is 2. The van der Waals surface area contributed by atoms with Gasteiger partial charge in [0, 0.05) is 0 Å². The van der Waals surface area contributed by atoms with Crippen LogP contribution in [0.2, 0.25) is 5.02 Å². The number of ether oxygens (including phenoxy) is 1.